The van der Waals surface area contributed by atoms with Crippen LogP contribution in [0.4, 0.5) is 0 Å². The van der Waals surface area contributed by atoms with Gasteiger partial charge in [-0.2, -0.15) is 4.31 Å². The molecular formula is C23H30N4O6S. The number of sulfonamides is 1. The molecule has 1 fully saturated rings. The molecule has 2 aromatic rings. The van der Waals surface area contributed by atoms with Crippen LogP contribution in [0.15, 0.2) is 52.4 Å². The molecule has 3 rings (SSSR count). The summed E-state index contributed by atoms with van der Waals surface area (Å²) < 4.78 is 31.8. The molecule has 11 heteroatoms. The monoisotopic (exact) mass is 490 g/mol. The van der Waals surface area contributed by atoms with E-state index < -0.39 is 39.7 Å². The van der Waals surface area contributed by atoms with Crippen LogP contribution < -0.4 is 10.6 Å². The fourth-order valence-corrected chi connectivity index (χ4v) is 5.09. The molecule has 0 saturated carbocycles. The zero-order valence-electron chi connectivity index (χ0n) is 19.5. The molecule has 2 atom stereocenters. The third kappa shape index (κ3) is 6.51. The minimum Gasteiger partial charge on any atom is -0.472 e. The van der Waals surface area contributed by atoms with Crippen molar-refractivity contribution in [3.63, 3.8) is 0 Å². The molecule has 10 nitrogen and oxygen atoms in total. The molecule has 1 aliphatic rings. The first-order valence-corrected chi connectivity index (χ1v) is 12.5. The number of ketones is 1. The van der Waals surface area contributed by atoms with Gasteiger partial charge in [-0.15, -0.1) is 0 Å². The van der Waals surface area contributed by atoms with Gasteiger partial charge in [-0.1, -0.05) is 26.8 Å². The number of nitrogens with one attached hydrogen (secondary N) is 2. The third-order valence-corrected chi connectivity index (χ3v) is 7.16. The predicted molar refractivity (Wildman–Crippen MR) is 123 cm³/mol. The van der Waals surface area contributed by atoms with E-state index in [0.29, 0.717) is 12.8 Å². The second-order valence-corrected chi connectivity index (χ2v) is 11.4. The van der Waals surface area contributed by atoms with Crippen LogP contribution in [-0.4, -0.2) is 60.5 Å². The smallest absolute Gasteiger partial charge is 0.260 e. The number of rotatable bonds is 7. The quantitative estimate of drug-likeness (QED) is 0.603. The predicted octanol–water partition coefficient (Wildman–Crippen LogP) is 1.75. The number of aromatic nitrogens is 1. The first-order valence-electron chi connectivity index (χ1n) is 11.0. The second kappa shape index (κ2) is 10.5. The largest absolute Gasteiger partial charge is 0.472 e. The van der Waals surface area contributed by atoms with E-state index in [0.717, 1.165) is 4.31 Å². The van der Waals surface area contributed by atoms with Crippen LogP contribution >= 0.6 is 0 Å². The first kappa shape index (κ1) is 25.6. The number of Topliss-reactive ketones (excluding diaryl/α,β-unsaturated/α-hetero) is 1. The zero-order chi connectivity index (χ0) is 24.9. The number of furan rings is 1. The number of hydrogen-bond donors (Lipinski definition) is 2. The molecular weight excluding hydrogens is 460 g/mol. The fraction of sp³-hybridized carbons (Fsp3) is 0.478. The number of amides is 2. The minimum absolute atomic E-state index is 0.127. The average molecular weight is 491 g/mol. The summed E-state index contributed by atoms with van der Waals surface area (Å²) in [4.78, 5) is 42.4. The van der Waals surface area contributed by atoms with Gasteiger partial charge in [0, 0.05) is 12.7 Å². The van der Waals surface area contributed by atoms with E-state index in [1.807, 2.05) is 20.8 Å². The van der Waals surface area contributed by atoms with Gasteiger partial charge in [-0.05, 0) is 42.9 Å². The minimum atomic E-state index is -3.93. The van der Waals surface area contributed by atoms with Gasteiger partial charge < -0.3 is 15.1 Å². The Balaban J connectivity index is 1.70. The van der Waals surface area contributed by atoms with Crippen molar-refractivity contribution >= 4 is 27.6 Å². The van der Waals surface area contributed by atoms with E-state index in [2.05, 4.69) is 15.6 Å². The Morgan fingerprint density at radius 3 is 2.65 bits per heavy atom. The molecule has 0 aliphatic carbocycles. The summed E-state index contributed by atoms with van der Waals surface area (Å²) in [6, 6.07) is 4.31. The van der Waals surface area contributed by atoms with Gasteiger partial charge >= 0.3 is 0 Å². The maximum atomic E-state index is 13.1. The Morgan fingerprint density at radius 2 is 2.03 bits per heavy atom. The van der Waals surface area contributed by atoms with Crippen molar-refractivity contribution in [2.45, 2.75) is 57.1 Å². The van der Waals surface area contributed by atoms with Gasteiger partial charge in [-0.25, -0.2) is 13.4 Å². The Hall–Kier alpha value is -3.05. The third-order valence-electron chi connectivity index (χ3n) is 5.40. The number of pyridine rings is 1. The van der Waals surface area contributed by atoms with Gasteiger partial charge in [0.1, 0.15) is 12.3 Å². The first-order chi connectivity index (χ1) is 16.0. The summed E-state index contributed by atoms with van der Waals surface area (Å²) in [6.07, 6.45) is 5.03. The summed E-state index contributed by atoms with van der Waals surface area (Å²) in [5.41, 5.74) is -0.000178. The lowest BCUT2D eigenvalue weighted by atomic mass is 9.87. The summed E-state index contributed by atoms with van der Waals surface area (Å²) >= 11 is 0. The molecule has 0 aromatic carbocycles. The summed E-state index contributed by atoms with van der Waals surface area (Å²) in [5.74, 6) is -1.37. The summed E-state index contributed by atoms with van der Waals surface area (Å²) in [5, 5.41) is 5.32. The van der Waals surface area contributed by atoms with E-state index in [1.165, 1.54) is 30.9 Å². The maximum Gasteiger partial charge on any atom is 0.260 e. The van der Waals surface area contributed by atoms with Crippen LogP contribution in [0.3, 0.4) is 0 Å². The van der Waals surface area contributed by atoms with Crippen molar-refractivity contribution in [3.8, 4) is 0 Å². The normalized spacial score (nSPS) is 18.7. The van der Waals surface area contributed by atoms with Crippen LogP contribution in [-0.2, 0) is 19.6 Å². The fourth-order valence-electron chi connectivity index (χ4n) is 3.71. The molecule has 2 N–H and O–H groups in total. The maximum absolute atomic E-state index is 13.1. The van der Waals surface area contributed by atoms with Crippen molar-refractivity contribution in [1.29, 1.82) is 0 Å². The lowest BCUT2D eigenvalue weighted by molar-refractivity contribution is -0.129. The molecule has 0 bridgehead atoms. The van der Waals surface area contributed by atoms with Gasteiger partial charge in [0.15, 0.2) is 10.8 Å². The second-order valence-electron chi connectivity index (χ2n) is 9.48. The molecule has 34 heavy (non-hydrogen) atoms. The Bertz CT molecular complexity index is 1110. The van der Waals surface area contributed by atoms with E-state index in [4.69, 9.17) is 4.42 Å². The molecule has 1 saturated heterocycles. The van der Waals surface area contributed by atoms with Crippen LogP contribution in [0, 0.1) is 5.41 Å². The van der Waals surface area contributed by atoms with Gasteiger partial charge in [-0.3, -0.25) is 14.4 Å². The summed E-state index contributed by atoms with van der Waals surface area (Å²) in [7, 11) is -3.93. The van der Waals surface area contributed by atoms with Crippen molar-refractivity contribution in [3.05, 3.63) is 48.6 Å². The van der Waals surface area contributed by atoms with Crippen molar-refractivity contribution in [2.24, 2.45) is 5.41 Å². The highest BCUT2D eigenvalue weighted by Crippen LogP contribution is 2.22. The van der Waals surface area contributed by atoms with Crippen LogP contribution in [0.25, 0.3) is 0 Å². The van der Waals surface area contributed by atoms with E-state index in [9.17, 15) is 22.8 Å². The number of carbonyl (C=O) groups excluding carboxylic acids is 3. The number of nitrogens with zero attached hydrogens (tertiary/aromatic N) is 2. The molecule has 3 heterocycles. The molecule has 0 radical (unpaired) electrons. The van der Waals surface area contributed by atoms with Crippen molar-refractivity contribution in [2.75, 3.05) is 13.1 Å². The van der Waals surface area contributed by atoms with E-state index in [-0.39, 0.29) is 35.5 Å². The molecule has 2 aromatic heterocycles. The lowest BCUT2D eigenvalue weighted by Crippen LogP contribution is -2.53. The SMILES string of the molecule is CC(C)(C)C[C@H](NC(=O)c1ccoc1)C(=O)NC1CCCN(S(=O)(=O)c2ccccn2)CC1=O. The van der Waals surface area contributed by atoms with E-state index in [1.54, 1.807) is 12.1 Å². The molecule has 1 aliphatic heterocycles. The van der Waals surface area contributed by atoms with Gasteiger partial charge in [0.2, 0.25) is 5.91 Å². The van der Waals surface area contributed by atoms with Crippen LogP contribution in [0.5, 0.6) is 0 Å². The zero-order valence-corrected chi connectivity index (χ0v) is 20.3. The standard InChI is InChI=1S/C23H30N4O6S/c1-23(2,3)13-18(26-21(29)16-9-12-33-15-16)22(30)25-17-7-6-11-27(14-19(17)28)34(31,32)20-8-4-5-10-24-20/h4-5,8-10,12,15,17-18H,6-7,11,13-14H2,1-3H3,(H,25,30)(H,26,29)/t17?,18-/m0/s1. The number of carbonyl (C=O) groups is 3. The van der Waals surface area contributed by atoms with Crippen LogP contribution in [0.1, 0.15) is 50.4 Å². The highest BCUT2D eigenvalue weighted by molar-refractivity contribution is 7.89. The Morgan fingerprint density at radius 1 is 1.26 bits per heavy atom. The van der Waals surface area contributed by atoms with Crippen LogP contribution in [0.2, 0.25) is 0 Å². The molecule has 0 spiro atoms. The Kier molecular flexibility index (Phi) is 7.88. The average Bonchev–Trinajstić information content (AvgIpc) is 3.25. The van der Waals surface area contributed by atoms with Crippen molar-refractivity contribution in [1.82, 2.24) is 19.9 Å². The molecule has 1 unspecified atom stereocenters. The summed E-state index contributed by atoms with van der Waals surface area (Å²) in [6.45, 7) is 5.59. The van der Waals surface area contributed by atoms with E-state index >= 15 is 0 Å². The molecule has 2 amide bonds. The topological polar surface area (TPSA) is 139 Å². The van der Waals surface area contributed by atoms with Gasteiger partial charge in [0.25, 0.3) is 15.9 Å². The lowest BCUT2D eigenvalue weighted by Gasteiger charge is -2.27. The number of hydrogen-bond acceptors (Lipinski definition) is 7. The van der Waals surface area contributed by atoms with Gasteiger partial charge in [0.05, 0.1) is 24.4 Å². The highest BCUT2D eigenvalue weighted by Gasteiger charge is 2.35. The highest BCUT2D eigenvalue weighted by atomic mass is 32.2. The Labute approximate surface area is 199 Å². The van der Waals surface area contributed by atoms with Crippen molar-refractivity contribution < 1.29 is 27.2 Å². The molecule has 184 valence electrons.